The maximum atomic E-state index is 10.9. The van der Waals surface area contributed by atoms with Crippen LogP contribution in [0.25, 0.3) is 6.08 Å². The third-order valence-corrected chi connectivity index (χ3v) is 4.23. The van der Waals surface area contributed by atoms with Gasteiger partial charge in [0.1, 0.15) is 0 Å². The van der Waals surface area contributed by atoms with Crippen molar-refractivity contribution < 1.29 is 14.9 Å². The standard InChI is InChI=1S/C17H19N3O4/c21-18-12-15-5-4-14(17(15)19-6-8-24-9-7-19)10-13-2-1-3-16(11-13)20(22)23/h1-3,10-12,21H,4-9H2. The lowest BCUT2D eigenvalue weighted by Crippen LogP contribution is -2.36. The van der Waals surface area contributed by atoms with Crippen molar-refractivity contribution >= 4 is 18.0 Å². The first-order valence-electron chi connectivity index (χ1n) is 7.87. The zero-order valence-electron chi connectivity index (χ0n) is 13.2. The van der Waals surface area contributed by atoms with Crippen LogP contribution in [0.4, 0.5) is 5.69 Å². The molecule has 1 heterocycles. The molecule has 1 aliphatic carbocycles. The first-order chi connectivity index (χ1) is 11.7. The van der Waals surface area contributed by atoms with E-state index in [1.165, 1.54) is 12.3 Å². The molecule has 1 saturated heterocycles. The van der Waals surface area contributed by atoms with E-state index in [-0.39, 0.29) is 10.6 Å². The highest BCUT2D eigenvalue weighted by Crippen LogP contribution is 2.35. The third kappa shape index (κ3) is 3.46. The number of morpholine rings is 1. The summed E-state index contributed by atoms with van der Waals surface area (Å²) in [6.45, 7) is 2.89. The van der Waals surface area contributed by atoms with Crippen molar-refractivity contribution in [3.63, 3.8) is 0 Å². The van der Waals surface area contributed by atoms with Crippen LogP contribution >= 0.6 is 0 Å². The van der Waals surface area contributed by atoms with E-state index in [1.807, 2.05) is 12.1 Å². The molecule has 1 aromatic rings. The molecular formula is C17H19N3O4. The van der Waals surface area contributed by atoms with Crippen LogP contribution in [0.5, 0.6) is 0 Å². The number of benzene rings is 1. The molecule has 126 valence electrons. The second kappa shape index (κ2) is 7.27. The fourth-order valence-corrected chi connectivity index (χ4v) is 3.17. The van der Waals surface area contributed by atoms with Gasteiger partial charge in [0.15, 0.2) is 0 Å². The van der Waals surface area contributed by atoms with Crippen LogP contribution in [0, 0.1) is 10.1 Å². The second-order valence-corrected chi connectivity index (χ2v) is 5.74. The highest BCUT2D eigenvalue weighted by atomic mass is 16.6. The van der Waals surface area contributed by atoms with Crippen molar-refractivity contribution in [1.82, 2.24) is 4.90 Å². The summed E-state index contributed by atoms with van der Waals surface area (Å²) in [4.78, 5) is 12.8. The van der Waals surface area contributed by atoms with Gasteiger partial charge in [-0.1, -0.05) is 17.3 Å². The summed E-state index contributed by atoms with van der Waals surface area (Å²) in [5.74, 6) is 0. The lowest BCUT2D eigenvalue weighted by molar-refractivity contribution is -0.384. The number of hydrogen-bond acceptors (Lipinski definition) is 6. The van der Waals surface area contributed by atoms with Gasteiger partial charge in [-0.3, -0.25) is 10.1 Å². The molecule has 2 aliphatic rings. The minimum atomic E-state index is -0.390. The number of nitro benzene ring substituents is 1. The summed E-state index contributed by atoms with van der Waals surface area (Å²) in [5, 5.41) is 23.0. The van der Waals surface area contributed by atoms with Crippen LogP contribution in [-0.2, 0) is 4.74 Å². The summed E-state index contributed by atoms with van der Waals surface area (Å²) in [7, 11) is 0. The van der Waals surface area contributed by atoms with Crippen LogP contribution in [0.3, 0.4) is 0 Å². The zero-order chi connectivity index (χ0) is 16.9. The third-order valence-electron chi connectivity index (χ3n) is 4.23. The van der Waals surface area contributed by atoms with Gasteiger partial charge in [0.25, 0.3) is 5.69 Å². The number of rotatable bonds is 4. The maximum absolute atomic E-state index is 10.9. The van der Waals surface area contributed by atoms with E-state index in [4.69, 9.17) is 9.94 Å². The van der Waals surface area contributed by atoms with Gasteiger partial charge in [-0.15, -0.1) is 0 Å². The molecule has 0 radical (unpaired) electrons. The van der Waals surface area contributed by atoms with E-state index in [2.05, 4.69) is 10.1 Å². The van der Waals surface area contributed by atoms with Gasteiger partial charge in [-0.2, -0.15) is 0 Å². The number of oxime groups is 1. The number of ether oxygens (including phenoxy) is 1. The van der Waals surface area contributed by atoms with E-state index in [1.54, 1.807) is 12.1 Å². The molecule has 0 atom stereocenters. The maximum Gasteiger partial charge on any atom is 0.270 e. The SMILES string of the molecule is O=[N+]([O-])c1cccc(C=C2CCC(C=NO)=C2N2CCOCC2)c1. The van der Waals surface area contributed by atoms with Crippen LogP contribution in [0.15, 0.2) is 46.3 Å². The molecule has 7 heteroatoms. The van der Waals surface area contributed by atoms with Crippen molar-refractivity contribution in [2.45, 2.75) is 12.8 Å². The Kier molecular flexibility index (Phi) is 4.90. The van der Waals surface area contributed by atoms with Crippen LogP contribution < -0.4 is 0 Å². The van der Waals surface area contributed by atoms with Gasteiger partial charge < -0.3 is 14.8 Å². The van der Waals surface area contributed by atoms with Gasteiger partial charge in [-0.05, 0) is 35.6 Å². The lowest BCUT2D eigenvalue weighted by atomic mass is 10.1. The van der Waals surface area contributed by atoms with Crippen LogP contribution in [0.2, 0.25) is 0 Å². The fourth-order valence-electron chi connectivity index (χ4n) is 3.17. The predicted molar refractivity (Wildman–Crippen MR) is 90.0 cm³/mol. The van der Waals surface area contributed by atoms with Gasteiger partial charge in [0.2, 0.25) is 0 Å². The molecule has 0 amide bonds. The smallest absolute Gasteiger partial charge is 0.270 e. The molecule has 0 unspecified atom stereocenters. The number of nitro groups is 1. The minimum Gasteiger partial charge on any atom is -0.411 e. The van der Waals surface area contributed by atoms with Gasteiger partial charge >= 0.3 is 0 Å². The van der Waals surface area contributed by atoms with Gasteiger partial charge in [0.05, 0.1) is 24.4 Å². The highest BCUT2D eigenvalue weighted by molar-refractivity contribution is 5.83. The number of non-ortho nitro benzene ring substituents is 1. The number of nitrogens with zero attached hydrogens (tertiary/aromatic N) is 3. The van der Waals surface area contributed by atoms with Gasteiger partial charge in [0, 0.05) is 30.9 Å². The monoisotopic (exact) mass is 329 g/mol. The van der Waals surface area contributed by atoms with E-state index in [9.17, 15) is 10.1 Å². The largest absolute Gasteiger partial charge is 0.411 e. The molecule has 0 spiro atoms. The summed E-state index contributed by atoms with van der Waals surface area (Å²) in [5.41, 5.74) is 4.02. The fraction of sp³-hybridized carbons (Fsp3) is 0.353. The Hall–Kier alpha value is -2.67. The highest BCUT2D eigenvalue weighted by Gasteiger charge is 2.25. The molecule has 0 aromatic heterocycles. The Morgan fingerprint density at radius 1 is 1.29 bits per heavy atom. The molecule has 1 N–H and O–H groups in total. The van der Waals surface area contributed by atoms with E-state index >= 15 is 0 Å². The Balaban J connectivity index is 1.96. The van der Waals surface area contributed by atoms with E-state index in [0.29, 0.717) is 13.2 Å². The number of hydrogen-bond donors (Lipinski definition) is 1. The topological polar surface area (TPSA) is 88.2 Å². The van der Waals surface area contributed by atoms with Crippen LogP contribution in [-0.4, -0.2) is 47.5 Å². The molecule has 3 rings (SSSR count). The Labute approximate surface area is 139 Å². The lowest BCUT2D eigenvalue weighted by Gasteiger charge is -2.31. The van der Waals surface area contributed by atoms with E-state index < -0.39 is 0 Å². The molecule has 24 heavy (non-hydrogen) atoms. The quantitative estimate of drug-likeness (QED) is 0.397. The summed E-state index contributed by atoms with van der Waals surface area (Å²) < 4.78 is 5.41. The van der Waals surface area contributed by atoms with Gasteiger partial charge in [-0.25, -0.2) is 0 Å². The summed E-state index contributed by atoms with van der Waals surface area (Å²) in [6.07, 6.45) is 5.07. The molecular weight excluding hydrogens is 310 g/mol. The average molecular weight is 329 g/mol. The van der Waals surface area contributed by atoms with Crippen molar-refractivity contribution in [3.8, 4) is 0 Å². The molecule has 1 aromatic carbocycles. The normalized spacial score (nSPS) is 20.3. The zero-order valence-corrected chi connectivity index (χ0v) is 13.2. The average Bonchev–Trinajstić information content (AvgIpc) is 2.98. The predicted octanol–water partition coefficient (Wildman–Crippen LogP) is 2.82. The van der Waals surface area contributed by atoms with Crippen LogP contribution in [0.1, 0.15) is 18.4 Å². The Morgan fingerprint density at radius 3 is 2.79 bits per heavy atom. The molecule has 7 nitrogen and oxygen atoms in total. The summed E-state index contributed by atoms with van der Waals surface area (Å²) in [6, 6.07) is 6.60. The Morgan fingerprint density at radius 2 is 2.08 bits per heavy atom. The molecule has 1 aliphatic heterocycles. The molecule has 1 fully saturated rings. The Bertz CT molecular complexity index is 718. The minimum absolute atomic E-state index is 0.0800. The van der Waals surface area contributed by atoms with Crippen molar-refractivity contribution in [1.29, 1.82) is 0 Å². The first-order valence-corrected chi connectivity index (χ1v) is 7.87. The van der Waals surface area contributed by atoms with Crippen molar-refractivity contribution in [2.75, 3.05) is 26.3 Å². The van der Waals surface area contributed by atoms with E-state index in [0.717, 1.165) is 48.3 Å². The number of allylic oxidation sites excluding steroid dienone is 2. The second-order valence-electron chi connectivity index (χ2n) is 5.74. The van der Waals surface area contributed by atoms with Crippen molar-refractivity contribution in [3.05, 3.63) is 56.8 Å². The molecule has 0 bridgehead atoms. The molecule has 0 saturated carbocycles. The first kappa shape index (κ1) is 16.2. The van der Waals surface area contributed by atoms with Crippen molar-refractivity contribution in [2.24, 2.45) is 5.16 Å². The summed E-state index contributed by atoms with van der Waals surface area (Å²) >= 11 is 0.